The predicted octanol–water partition coefficient (Wildman–Crippen LogP) is 1.69. The number of benzene rings is 1. The molecule has 0 aliphatic heterocycles. The van der Waals surface area contributed by atoms with Gasteiger partial charge >= 0.3 is 5.97 Å². The van der Waals surface area contributed by atoms with E-state index in [2.05, 4.69) is 0 Å². The van der Waals surface area contributed by atoms with E-state index in [-0.39, 0.29) is 11.5 Å². The lowest BCUT2D eigenvalue weighted by molar-refractivity contribution is 0.0698. The van der Waals surface area contributed by atoms with Gasteiger partial charge in [0.2, 0.25) is 0 Å². The number of aromatic nitrogens is 1. The van der Waals surface area contributed by atoms with Crippen molar-refractivity contribution in [1.29, 1.82) is 0 Å². The number of amides is 1. The third-order valence-electron chi connectivity index (χ3n) is 3.31. The first-order chi connectivity index (χ1) is 9.97. The molecule has 1 amide bonds. The number of fused-ring (bicyclic) bond motifs is 1. The van der Waals surface area contributed by atoms with Crippen LogP contribution >= 0.6 is 0 Å². The molecule has 0 bridgehead atoms. The largest absolute Gasteiger partial charge is 0.478 e. The highest BCUT2D eigenvalue weighted by atomic mass is 16.5. The van der Waals surface area contributed by atoms with Crippen molar-refractivity contribution in [3.05, 3.63) is 35.5 Å². The minimum atomic E-state index is -1.05. The molecule has 0 aliphatic carbocycles. The minimum absolute atomic E-state index is 0.131. The summed E-state index contributed by atoms with van der Waals surface area (Å²) in [5.41, 5.74) is 1.25. The van der Waals surface area contributed by atoms with Gasteiger partial charge in [0.05, 0.1) is 12.2 Å². The molecule has 6 nitrogen and oxygen atoms in total. The molecule has 21 heavy (non-hydrogen) atoms. The van der Waals surface area contributed by atoms with Gasteiger partial charge in [-0.15, -0.1) is 0 Å². The summed E-state index contributed by atoms with van der Waals surface area (Å²) >= 11 is 0. The molecule has 0 saturated carbocycles. The Morgan fingerprint density at radius 1 is 1.29 bits per heavy atom. The summed E-state index contributed by atoms with van der Waals surface area (Å²) in [4.78, 5) is 25.2. The summed E-state index contributed by atoms with van der Waals surface area (Å²) in [5, 5.41) is 9.87. The molecule has 0 atom stereocenters. The maximum Gasteiger partial charge on any atom is 0.337 e. The molecule has 0 radical (unpaired) electrons. The highest BCUT2D eigenvalue weighted by molar-refractivity contribution is 6.14. The number of carbonyl (C=O) groups is 2. The summed E-state index contributed by atoms with van der Waals surface area (Å²) in [6, 6.07) is 5.22. The van der Waals surface area contributed by atoms with Crippen LogP contribution in [0.25, 0.3) is 10.9 Å². The maximum absolute atomic E-state index is 12.3. The van der Waals surface area contributed by atoms with Crippen LogP contribution in [0.4, 0.5) is 0 Å². The Kier molecular flexibility index (Phi) is 4.28. The summed E-state index contributed by atoms with van der Waals surface area (Å²) < 4.78 is 6.84. The molecule has 0 aliphatic rings. The first kappa shape index (κ1) is 15.1. The van der Waals surface area contributed by atoms with Gasteiger partial charge in [-0.1, -0.05) is 6.07 Å². The van der Waals surface area contributed by atoms with Crippen molar-refractivity contribution in [2.24, 2.45) is 0 Å². The molecule has 1 heterocycles. The van der Waals surface area contributed by atoms with E-state index in [1.165, 1.54) is 4.90 Å². The molecule has 1 aromatic carbocycles. The van der Waals surface area contributed by atoms with E-state index in [9.17, 15) is 14.7 Å². The molecule has 0 saturated heterocycles. The molecule has 2 rings (SSSR count). The van der Waals surface area contributed by atoms with Crippen molar-refractivity contribution >= 4 is 22.8 Å². The molecule has 112 valence electrons. The van der Waals surface area contributed by atoms with Gasteiger partial charge in [0, 0.05) is 50.4 Å². The van der Waals surface area contributed by atoms with Crippen LogP contribution in [-0.2, 0) is 11.3 Å². The van der Waals surface area contributed by atoms with E-state index in [1.54, 1.807) is 44.1 Å². The van der Waals surface area contributed by atoms with Crippen molar-refractivity contribution in [2.75, 3.05) is 27.8 Å². The number of methoxy groups -OCH3 is 1. The van der Waals surface area contributed by atoms with Crippen LogP contribution in [0.1, 0.15) is 20.7 Å². The summed E-state index contributed by atoms with van der Waals surface area (Å²) in [6.07, 6.45) is 1.55. The van der Waals surface area contributed by atoms with Gasteiger partial charge < -0.3 is 19.3 Å². The van der Waals surface area contributed by atoms with Crippen molar-refractivity contribution in [3.8, 4) is 0 Å². The second-order valence-electron chi connectivity index (χ2n) is 4.93. The van der Waals surface area contributed by atoms with Crippen LogP contribution in [0.2, 0.25) is 0 Å². The van der Waals surface area contributed by atoms with Gasteiger partial charge in [0.15, 0.2) is 0 Å². The van der Waals surface area contributed by atoms with E-state index in [0.29, 0.717) is 24.1 Å². The van der Waals surface area contributed by atoms with Crippen LogP contribution in [0.5, 0.6) is 0 Å². The standard InChI is InChI=1S/C15H18N2O4/c1-16(2)14(18)10-5-4-6-12-13(10)11(15(19)20)9-17(12)7-8-21-3/h4-6,9H,7-8H2,1-3H3,(H,19,20). The van der Waals surface area contributed by atoms with E-state index in [4.69, 9.17) is 4.74 Å². The molecule has 6 heteroatoms. The number of rotatable bonds is 5. The zero-order valence-electron chi connectivity index (χ0n) is 12.3. The van der Waals surface area contributed by atoms with Crippen LogP contribution in [0, 0.1) is 0 Å². The Hall–Kier alpha value is -2.34. The molecule has 0 fully saturated rings. The summed E-state index contributed by atoms with van der Waals surface area (Å²) in [7, 11) is 4.87. The number of hydrogen-bond acceptors (Lipinski definition) is 3. The zero-order valence-corrected chi connectivity index (χ0v) is 12.3. The van der Waals surface area contributed by atoms with Crippen LogP contribution in [0.15, 0.2) is 24.4 Å². The van der Waals surface area contributed by atoms with E-state index in [0.717, 1.165) is 5.52 Å². The number of carboxylic acids is 1. The topological polar surface area (TPSA) is 71.8 Å². The lowest BCUT2D eigenvalue weighted by Crippen LogP contribution is -2.22. The Labute approximate surface area is 122 Å². The summed E-state index contributed by atoms with van der Waals surface area (Å²) in [5.74, 6) is -1.26. The fourth-order valence-corrected chi connectivity index (χ4v) is 2.31. The third-order valence-corrected chi connectivity index (χ3v) is 3.31. The molecule has 1 aromatic heterocycles. The maximum atomic E-state index is 12.3. The highest BCUT2D eigenvalue weighted by Crippen LogP contribution is 2.26. The highest BCUT2D eigenvalue weighted by Gasteiger charge is 2.21. The smallest absolute Gasteiger partial charge is 0.337 e. The van der Waals surface area contributed by atoms with Crippen LogP contribution in [-0.4, -0.2) is 54.3 Å². The molecular weight excluding hydrogens is 272 g/mol. The lowest BCUT2D eigenvalue weighted by atomic mass is 10.1. The SMILES string of the molecule is COCCn1cc(C(=O)O)c2c(C(=O)N(C)C)cccc21. The van der Waals surface area contributed by atoms with Gasteiger partial charge in [0.1, 0.15) is 0 Å². The average molecular weight is 290 g/mol. The molecule has 0 spiro atoms. The lowest BCUT2D eigenvalue weighted by Gasteiger charge is -2.12. The zero-order chi connectivity index (χ0) is 15.6. The van der Waals surface area contributed by atoms with Gasteiger partial charge in [-0.25, -0.2) is 4.79 Å². The molecular formula is C15H18N2O4. The predicted molar refractivity (Wildman–Crippen MR) is 78.8 cm³/mol. The molecule has 0 unspecified atom stereocenters. The van der Waals surface area contributed by atoms with Gasteiger partial charge in [-0.3, -0.25) is 4.79 Å². The van der Waals surface area contributed by atoms with Gasteiger partial charge in [0.25, 0.3) is 5.91 Å². The van der Waals surface area contributed by atoms with Crippen molar-refractivity contribution in [2.45, 2.75) is 6.54 Å². The van der Waals surface area contributed by atoms with Crippen molar-refractivity contribution < 1.29 is 19.4 Å². The summed E-state index contributed by atoms with van der Waals surface area (Å²) in [6.45, 7) is 0.995. The number of aromatic carboxylic acids is 1. The Balaban J connectivity index is 2.69. The van der Waals surface area contributed by atoms with Crippen molar-refractivity contribution in [3.63, 3.8) is 0 Å². The Morgan fingerprint density at radius 2 is 2.00 bits per heavy atom. The number of carbonyl (C=O) groups excluding carboxylic acids is 1. The monoisotopic (exact) mass is 290 g/mol. The number of carboxylic acid groups (broad SMARTS) is 1. The fourth-order valence-electron chi connectivity index (χ4n) is 2.31. The van der Waals surface area contributed by atoms with Gasteiger partial charge in [-0.2, -0.15) is 0 Å². The molecule has 1 N–H and O–H groups in total. The second-order valence-corrected chi connectivity index (χ2v) is 4.93. The Bertz CT molecular complexity index is 688. The van der Waals surface area contributed by atoms with E-state index < -0.39 is 5.97 Å². The number of ether oxygens (including phenoxy) is 1. The first-order valence-corrected chi connectivity index (χ1v) is 6.53. The number of hydrogen-bond donors (Lipinski definition) is 1. The minimum Gasteiger partial charge on any atom is -0.478 e. The number of nitrogens with zero attached hydrogens (tertiary/aromatic N) is 2. The third kappa shape index (κ3) is 2.75. The Morgan fingerprint density at radius 3 is 2.57 bits per heavy atom. The van der Waals surface area contributed by atoms with Crippen molar-refractivity contribution in [1.82, 2.24) is 9.47 Å². The van der Waals surface area contributed by atoms with E-state index in [1.807, 2.05) is 6.07 Å². The average Bonchev–Trinajstić information content (AvgIpc) is 2.83. The normalized spacial score (nSPS) is 10.8. The fraction of sp³-hybridized carbons (Fsp3) is 0.333. The van der Waals surface area contributed by atoms with Crippen LogP contribution < -0.4 is 0 Å². The quantitative estimate of drug-likeness (QED) is 0.909. The van der Waals surface area contributed by atoms with Crippen LogP contribution in [0.3, 0.4) is 0 Å². The first-order valence-electron chi connectivity index (χ1n) is 6.53. The van der Waals surface area contributed by atoms with Gasteiger partial charge in [-0.05, 0) is 12.1 Å². The molecule has 2 aromatic rings. The van der Waals surface area contributed by atoms with E-state index >= 15 is 0 Å². The second kappa shape index (κ2) is 5.97.